The van der Waals surface area contributed by atoms with Crippen molar-refractivity contribution in [3.05, 3.63) is 35.4 Å². The largest absolute Gasteiger partial charge is 0.347 e. The number of nitrogens with zero attached hydrogens (tertiary/aromatic N) is 6. The number of likely N-dealkylation sites (tertiary alicyclic amines) is 1. The summed E-state index contributed by atoms with van der Waals surface area (Å²) in [6.07, 6.45) is 8.01. The molecule has 1 aliphatic heterocycles. The van der Waals surface area contributed by atoms with Crippen LogP contribution in [0.15, 0.2) is 18.5 Å². The van der Waals surface area contributed by atoms with Crippen molar-refractivity contribution in [2.24, 2.45) is 0 Å². The molecule has 2 aromatic rings. The number of amides is 1. The van der Waals surface area contributed by atoms with E-state index in [2.05, 4.69) is 10.1 Å². The van der Waals surface area contributed by atoms with Gasteiger partial charge in [-0.05, 0) is 44.2 Å². The van der Waals surface area contributed by atoms with Gasteiger partial charge in [0.25, 0.3) is 0 Å². The highest BCUT2D eigenvalue weighted by atomic mass is 16.2. The van der Waals surface area contributed by atoms with Gasteiger partial charge in [0.1, 0.15) is 6.54 Å². The minimum absolute atomic E-state index is 0.0169. The van der Waals surface area contributed by atoms with Crippen molar-refractivity contribution >= 4 is 11.9 Å². The fraction of sp³-hybridized carbons (Fsp3) is 0.579. The van der Waals surface area contributed by atoms with E-state index in [9.17, 15) is 4.79 Å². The van der Waals surface area contributed by atoms with E-state index in [1.807, 2.05) is 49.3 Å². The Bertz CT molecular complexity index is 825. The van der Waals surface area contributed by atoms with E-state index >= 15 is 0 Å². The summed E-state index contributed by atoms with van der Waals surface area (Å²) in [5.41, 5.74) is 3.32. The molecular formula is C19H26N6O. The van der Waals surface area contributed by atoms with Crippen LogP contribution in [0.5, 0.6) is 0 Å². The van der Waals surface area contributed by atoms with Crippen molar-refractivity contribution in [3.8, 4) is 0 Å². The van der Waals surface area contributed by atoms with E-state index in [-0.39, 0.29) is 11.3 Å². The Labute approximate surface area is 154 Å². The van der Waals surface area contributed by atoms with Crippen molar-refractivity contribution in [2.45, 2.75) is 44.6 Å². The van der Waals surface area contributed by atoms with Crippen LogP contribution in [0.25, 0.3) is 0 Å². The van der Waals surface area contributed by atoms with Gasteiger partial charge in [-0.15, -0.1) is 0 Å². The van der Waals surface area contributed by atoms with E-state index in [1.54, 1.807) is 4.68 Å². The molecule has 0 saturated carbocycles. The molecule has 0 N–H and O–H groups in total. The number of aromatic nitrogens is 4. The zero-order valence-electron chi connectivity index (χ0n) is 15.8. The van der Waals surface area contributed by atoms with Crippen molar-refractivity contribution in [2.75, 3.05) is 32.1 Å². The van der Waals surface area contributed by atoms with Crippen molar-refractivity contribution < 1.29 is 4.79 Å². The molecule has 3 heterocycles. The van der Waals surface area contributed by atoms with Crippen molar-refractivity contribution in [1.29, 1.82) is 0 Å². The highest BCUT2D eigenvalue weighted by Crippen LogP contribution is 2.44. The van der Waals surface area contributed by atoms with Gasteiger partial charge in [-0.2, -0.15) is 5.10 Å². The lowest BCUT2D eigenvalue weighted by molar-refractivity contribution is -0.134. The van der Waals surface area contributed by atoms with Crippen LogP contribution >= 0.6 is 0 Å². The van der Waals surface area contributed by atoms with E-state index in [1.165, 1.54) is 5.56 Å². The van der Waals surface area contributed by atoms with Gasteiger partial charge in [-0.1, -0.05) is 0 Å². The van der Waals surface area contributed by atoms with Crippen LogP contribution in [0.2, 0.25) is 0 Å². The maximum atomic E-state index is 12.8. The predicted octanol–water partition coefficient (Wildman–Crippen LogP) is 1.55. The Balaban J connectivity index is 1.56. The number of fused-ring (bicyclic) bond motifs is 2. The Morgan fingerprint density at radius 3 is 2.92 bits per heavy atom. The van der Waals surface area contributed by atoms with Crippen molar-refractivity contribution in [3.63, 3.8) is 0 Å². The van der Waals surface area contributed by atoms with Gasteiger partial charge in [0.2, 0.25) is 11.9 Å². The van der Waals surface area contributed by atoms with E-state index in [4.69, 9.17) is 4.98 Å². The van der Waals surface area contributed by atoms with Crippen LogP contribution in [0.1, 0.15) is 36.2 Å². The zero-order chi connectivity index (χ0) is 18.3. The summed E-state index contributed by atoms with van der Waals surface area (Å²) in [7, 11) is 3.93. The normalized spacial score (nSPS) is 21.9. The maximum Gasteiger partial charge on any atom is 0.244 e. The number of aryl methyl sites for hydroxylation is 2. The first kappa shape index (κ1) is 17.0. The molecule has 4 rings (SSSR count). The monoisotopic (exact) mass is 354 g/mol. The highest BCUT2D eigenvalue weighted by molar-refractivity contribution is 5.76. The molecule has 138 valence electrons. The second-order valence-corrected chi connectivity index (χ2v) is 7.79. The predicted molar refractivity (Wildman–Crippen MR) is 99.1 cm³/mol. The summed E-state index contributed by atoms with van der Waals surface area (Å²) in [6, 6.07) is 1.93. The van der Waals surface area contributed by atoms with Crippen molar-refractivity contribution in [1.82, 2.24) is 24.6 Å². The highest BCUT2D eigenvalue weighted by Gasteiger charge is 2.44. The Kier molecular flexibility index (Phi) is 4.17. The lowest BCUT2D eigenvalue weighted by Crippen LogP contribution is -2.49. The van der Waals surface area contributed by atoms with Gasteiger partial charge in [-0.3, -0.25) is 9.48 Å². The second-order valence-electron chi connectivity index (χ2n) is 7.79. The van der Waals surface area contributed by atoms with Crippen LogP contribution in [0.4, 0.5) is 5.95 Å². The molecule has 7 heteroatoms. The minimum Gasteiger partial charge on any atom is -0.347 e. The number of carbonyl (C=O) groups excluding carboxylic acids is 1. The average molecular weight is 354 g/mol. The first-order chi connectivity index (χ1) is 12.5. The Morgan fingerprint density at radius 1 is 1.35 bits per heavy atom. The third-order valence-corrected chi connectivity index (χ3v) is 5.63. The molecule has 1 atom stereocenters. The van der Waals surface area contributed by atoms with E-state index in [0.717, 1.165) is 56.1 Å². The Hall–Kier alpha value is -2.44. The molecule has 1 unspecified atom stereocenters. The van der Waals surface area contributed by atoms with Gasteiger partial charge in [0, 0.05) is 45.0 Å². The maximum absolute atomic E-state index is 12.8. The second kappa shape index (κ2) is 6.37. The van der Waals surface area contributed by atoms with Gasteiger partial charge in [-0.25, -0.2) is 9.97 Å². The van der Waals surface area contributed by atoms with Crippen LogP contribution in [0, 0.1) is 6.92 Å². The molecular weight excluding hydrogens is 328 g/mol. The SMILES string of the molecule is Cc1ccn(CC(=O)N2CCCC3(CCc4cnc(N(C)C)nc43)C2)n1. The molecule has 0 aromatic carbocycles. The molecule has 7 nitrogen and oxygen atoms in total. The summed E-state index contributed by atoms with van der Waals surface area (Å²) in [5.74, 6) is 0.892. The summed E-state index contributed by atoms with van der Waals surface area (Å²) >= 11 is 0. The van der Waals surface area contributed by atoms with E-state index in [0.29, 0.717) is 6.54 Å². The smallest absolute Gasteiger partial charge is 0.244 e. The number of hydrogen-bond acceptors (Lipinski definition) is 5. The standard InChI is InChI=1S/C19H26N6O/c1-14-6-10-25(22-14)12-16(26)24-9-4-7-19(13-24)8-5-15-11-20-18(23(2)3)21-17(15)19/h6,10-11H,4-5,7-9,12-13H2,1-3H3. The third-order valence-electron chi connectivity index (χ3n) is 5.63. The molecule has 1 saturated heterocycles. The summed E-state index contributed by atoms with van der Waals surface area (Å²) in [5, 5.41) is 4.34. The number of carbonyl (C=O) groups is 1. The number of hydrogen-bond donors (Lipinski definition) is 0. The molecule has 1 spiro atoms. The van der Waals surface area contributed by atoms with Crippen LogP contribution in [0.3, 0.4) is 0 Å². The van der Waals surface area contributed by atoms with Gasteiger partial charge >= 0.3 is 0 Å². The van der Waals surface area contributed by atoms with Gasteiger partial charge < -0.3 is 9.80 Å². The third kappa shape index (κ3) is 2.95. The quantitative estimate of drug-likeness (QED) is 0.837. The topological polar surface area (TPSA) is 67.2 Å². The van der Waals surface area contributed by atoms with Crippen LogP contribution < -0.4 is 4.90 Å². The molecule has 2 aliphatic rings. The number of rotatable bonds is 3. The molecule has 0 bridgehead atoms. The number of piperidine rings is 1. The fourth-order valence-corrected chi connectivity index (χ4v) is 4.28. The van der Waals surface area contributed by atoms with E-state index < -0.39 is 0 Å². The number of anilines is 1. The lowest BCUT2D eigenvalue weighted by Gasteiger charge is -2.40. The summed E-state index contributed by atoms with van der Waals surface area (Å²) < 4.78 is 1.73. The van der Waals surface area contributed by atoms with Crippen LogP contribution in [-0.4, -0.2) is 57.7 Å². The molecule has 26 heavy (non-hydrogen) atoms. The lowest BCUT2D eigenvalue weighted by atomic mass is 9.77. The first-order valence-corrected chi connectivity index (χ1v) is 9.28. The first-order valence-electron chi connectivity index (χ1n) is 9.28. The average Bonchev–Trinajstić information content (AvgIpc) is 3.19. The molecule has 0 radical (unpaired) electrons. The summed E-state index contributed by atoms with van der Waals surface area (Å²) in [4.78, 5) is 26.1. The van der Waals surface area contributed by atoms with Gasteiger partial charge in [0.05, 0.1) is 11.4 Å². The van der Waals surface area contributed by atoms with Crippen LogP contribution in [-0.2, 0) is 23.2 Å². The minimum atomic E-state index is -0.0169. The van der Waals surface area contributed by atoms with Gasteiger partial charge in [0.15, 0.2) is 0 Å². The fourth-order valence-electron chi connectivity index (χ4n) is 4.28. The molecule has 1 aliphatic carbocycles. The molecule has 1 amide bonds. The Morgan fingerprint density at radius 2 is 2.19 bits per heavy atom. The zero-order valence-corrected chi connectivity index (χ0v) is 15.8. The molecule has 1 fully saturated rings. The molecule has 2 aromatic heterocycles. The summed E-state index contributed by atoms with van der Waals surface area (Å²) in [6.45, 7) is 3.82.